The molecule has 6 nitrogen and oxygen atoms in total. The molecule has 3 rings (SSSR count). The Kier molecular flexibility index (Phi) is 4.88. The molecule has 0 aromatic heterocycles. The topological polar surface area (TPSA) is 67.9 Å². The molecule has 6 heteroatoms. The van der Waals surface area contributed by atoms with Gasteiger partial charge in [0.05, 0.1) is 0 Å². The molecule has 25 heavy (non-hydrogen) atoms. The van der Waals surface area contributed by atoms with Crippen LogP contribution < -0.4 is 14.8 Å². The Morgan fingerprint density at radius 3 is 2.84 bits per heavy atom. The third-order valence-electron chi connectivity index (χ3n) is 5.00. The molecule has 2 aliphatic heterocycles. The van der Waals surface area contributed by atoms with Gasteiger partial charge in [-0.2, -0.15) is 0 Å². The van der Waals surface area contributed by atoms with Crippen molar-refractivity contribution in [2.75, 3.05) is 13.3 Å². The smallest absolute Gasteiger partial charge is 0.245 e. The molecular weight excluding hydrogens is 320 g/mol. The summed E-state index contributed by atoms with van der Waals surface area (Å²) in [7, 11) is 0. The molecule has 136 valence electrons. The van der Waals surface area contributed by atoms with Crippen molar-refractivity contribution in [3.63, 3.8) is 0 Å². The minimum absolute atomic E-state index is 0.0131. The van der Waals surface area contributed by atoms with E-state index in [0.29, 0.717) is 43.3 Å². The molecule has 1 aromatic carbocycles. The molecule has 0 aliphatic carbocycles. The van der Waals surface area contributed by atoms with E-state index in [0.717, 1.165) is 12.0 Å². The maximum absolute atomic E-state index is 12.7. The predicted molar refractivity (Wildman–Crippen MR) is 93.2 cm³/mol. The van der Waals surface area contributed by atoms with E-state index in [4.69, 9.17) is 9.47 Å². The van der Waals surface area contributed by atoms with Gasteiger partial charge in [-0.1, -0.05) is 19.9 Å². The van der Waals surface area contributed by atoms with Gasteiger partial charge in [0.2, 0.25) is 18.6 Å². The maximum atomic E-state index is 12.7. The van der Waals surface area contributed by atoms with Crippen LogP contribution in [0.1, 0.15) is 45.6 Å². The van der Waals surface area contributed by atoms with E-state index in [-0.39, 0.29) is 18.6 Å². The van der Waals surface area contributed by atoms with E-state index in [1.54, 1.807) is 4.90 Å². The summed E-state index contributed by atoms with van der Waals surface area (Å²) in [6.45, 7) is 7.35. The Labute approximate surface area is 148 Å². The standard InChI is InChI=1S/C19H26N2O4/c1-13(2)7-9-20-18(23)19(3)8-6-17(22)21(19)11-14-4-5-15-16(10-14)25-12-24-15/h4-5,10,13H,6-9,11-12H2,1-3H3,(H,20,23)/t19-/m0/s1. The lowest BCUT2D eigenvalue weighted by molar-refractivity contribution is -0.141. The zero-order valence-electron chi connectivity index (χ0n) is 15.1. The highest BCUT2D eigenvalue weighted by Gasteiger charge is 2.47. The van der Waals surface area contributed by atoms with E-state index in [9.17, 15) is 9.59 Å². The molecule has 1 aromatic rings. The summed E-state index contributed by atoms with van der Waals surface area (Å²) >= 11 is 0. The number of fused-ring (bicyclic) bond motifs is 1. The van der Waals surface area contributed by atoms with E-state index < -0.39 is 5.54 Å². The van der Waals surface area contributed by atoms with Crippen LogP contribution >= 0.6 is 0 Å². The van der Waals surface area contributed by atoms with Crippen LogP contribution in [-0.2, 0) is 16.1 Å². The summed E-state index contributed by atoms with van der Waals surface area (Å²) in [6.07, 6.45) is 1.88. The monoisotopic (exact) mass is 346 g/mol. The van der Waals surface area contributed by atoms with Crippen LogP contribution in [0.5, 0.6) is 11.5 Å². The van der Waals surface area contributed by atoms with Gasteiger partial charge in [0.1, 0.15) is 5.54 Å². The molecule has 1 atom stereocenters. The number of hydrogen-bond donors (Lipinski definition) is 1. The Morgan fingerprint density at radius 2 is 2.08 bits per heavy atom. The third kappa shape index (κ3) is 3.57. The number of benzene rings is 1. The average molecular weight is 346 g/mol. The number of likely N-dealkylation sites (tertiary alicyclic amines) is 1. The fourth-order valence-electron chi connectivity index (χ4n) is 3.28. The molecule has 2 aliphatic rings. The highest BCUT2D eigenvalue weighted by atomic mass is 16.7. The van der Waals surface area contributed by atoms with E-state index in [1.165, 1.54) is 0 Å². The van der Waals surface area contributed by atoms with Crippen LogP contribution in [-0.4, -0.2) is 35.6 Å². The van der Waals surface area contributed by atoms with Gasteiger partial charge in [-0.3, -0.25) is 9.59 Å². The van der Waals surface area contributed by atoms with Gasteiger partial charge in [0.15, 0.2) is 11.5 Å². The van der Waals surface area contributed by atoms with Crippen LogP contribution in [0.25, 0.3) is 0 Å². The summed E-state index contributed by atoms with van der Waals surface area (Å²) in [6, 6.07) is 5.64. The van der Waals surface area contributed by atoms with E-state index >= 15 is 0 Å². The van der Waals surface area contributed by atoms with Crippen LogP contribution in [0, 0.1) is 5.92 Å². The average Bonchev–Trinajstić information content (AvgIpc) is 3.14. The van der Waals surface area contributed by atoms with Crippen LogP contribution in [0.3, 0.4) is 0 Å². The summed E-state index contributed by atoms with van der Waals surface area (Å²) in [4.78, 5) is 26.8. The quantitative estimate of drug-likeness (QED) is 0.859. The first-order valence-electron chi connectivity index (χ1n) is 8.87. The van der Waals surface area contributed by atoms with Crippen molar-refractivity contribution in [1.82, 2.24) is 10.2 Å². The largest absolute Gasteiger partial charge is 0.454 e. The number of hydrogen-bond acceptors (Lipinski definition) is 4. The predicted octanol–water partition coefficient (Wildman–Crippen LogP) is 2.46. The van der Waals surface area contributed by atoms with Crippen molar-refractivity contribution in [1.29, 1.82) is 0 Å². The van der Waals surface area contributed by atoms with Crippen LogP contribution in [0.15, 0.2) is 18.2 Å². The first-order chi connectivity index (χ1) is 11.9. The van der Waals surface area contributed by atoms with E-state index in [1.807, 2.05) is 25.1 Å². The Hall–Kier alpha value is -2.24. The molecule has 0 bridgehead atoms. The van der Waals surface area contributed by atoms with Crippen molar-refractivity contribution >= 4 is 11.8 Å². The zero-order chi connectivity index (χ0) is 18.0. The number of rotatable bonds is 6. The SMILES string of the molecule is CC(C)CCNC(=O)[C@]1(C)CCC(=O)N1Cc1ccc2c(c1)OCO2. The second kappa shape index (κ2) is 6.94. The number of carbonyl (C=O) groups is 2. The fraction of sp³-hybridized carbons (Fsp3) is 0.579. The Morgan fingerprint density at radius 1 is 1.32 bits per heavy atom. The normalized spacial score (nSPS) is 21.9. The van der Waals surface area contributed by atoms with Crippen molar-refractivity contribution in [3.8, 4) is 11.5 Å². The summed E-state index contributed by atoms with van der Waals surface area (Å²) in [5.74, 6) is 1.87. The van der Waals surface area contributed by atoms with Gasteiger partial charge in [-0.25, -0.2) is 0 Å². The van der Waals surface area contributed by atoms with Gasteiger partial charge in [0, 0.05) is 19.5 Å². The number of ether oxygens (including phenoxy) is 2. The van der Waals surface area contributed by atoms with Crippen molar-refractivity contribution in [2.45, 2.75) is 52.1 Å². The molecule has 1 fully saturated rings. The number of amides is 2. The second-order valence-electron chi connectivity index (χ2n) is 7.38. The van der Waals surface area contributed by atoms with Gasteiger partial charge >= 0.3 is 0 Å². The first kappa shape index (κ1) is 17.6. The lowest BCUT2D eigenvalue weighted by Crippen LogP contribution is -2.54. The van der Waals surface area contributed by atoms with Gasteiger partial charge in [0.25, 0.3) is 0 Å². The molecule has 1 saturated heterocycles. The van der Waals surface area contributed by atoms with Crippen molar-refractivity contribution < 1.29 is 19.1 Å². The number of nitrogens with one attached hydrogen (secondary N) is 1. The number of carbonyl (C=O) groups excluding carboxylic acids is 2. The van der Waals surface area contributed by atoms with Gasteiger partial charge in [-0.15, -0.1) is 0 Å². The van der Waals surface area contributed by atoms with Crippen LogP contribution in [0.2, 0.25) is 0 Å². The molecule has 2 heterocycles. The molecule has 0 spiro atoms. The molecule has 0 radical (unpaired) electrons. The first-order valence-corrected chi connectivity index (χ1v) is 8.87. The molecule has 0 unspecified atom stereocenters. The lowest BCUT2D eigenvalue weighted by atomic mass is 9.96. The fourth-order valence-corrected chi connectivity index (χ4v) is 3.28. The summed E-state index contributed by atoms with van der Waals surface area (Å²) in [5.41, 5.74) is 0.130. The lowest BCUT2D eigenvalue weighted by Gasteiger charge is -2.34. The number of nitrogens with zero attached hydrogens (tertiary/aromatic N) is 1. The minimum Gasteiger partial charge on any atom is -0.454 e. The molecule has 0 saturated carbocycles. The molecule has 1 N–H and O–H groups in total. The third-order valence-corrected chi connectivity index (χ3v) is 5.00. The highest BCUT2D eigenvalue weighted by molar-refractivity contribution is 5.94. The Bertz CT molecular complexity index is 673. The van der Waals surface area contributed by atoms with Crippen molar-refractivity contribution in [2.24, 2.45) is 5.92 Å². The highest BCUT2D eigenvalue weighted by Crippen LogP contribution is 2.36. The maximum Gasteiger partial charge on any atom is 0.245 e. The summed E-state index contributed by atoms with van der Waals surface area (Å²) in [5, 5.41) is 3.00. The zero-order valence-corrected chi connectivity index (χ0v) is 15.1. The Balaban J connectivity index is 1.71. The molecule has 2 amide bonds. The van der Waals surface area contributed by atoms with E-state index in [2.05, 4.69) is 19.2 Å². The van der Waals surface area contributed by atoms with Crippen LogP contribution in [0.4, 0.5) is 0 Å². The van der Waals surface area contributed by atoms with Crippen molar-refractivity contribution in [3.05, 3.63) is 23.8 Å². The summed E-state index contributed by atoms with van der Waals surface area (Å²) < 4.78 is 10.7. The van der Waals surface area contributed by atoms with Gasteiger partial charge in [-0.05, 0) is 43.4 Å². The molecular formula is C19H26N2O4. The second-order valence-corrected chi connectivity index (χ2v) is 7.38. The minimum atomic E-state index is -0.801. The van der Waals surface area contributed by atoms with Gasteiger partial charge < -0.3 is 19.7 Å².